The van der Waals surface area contributed by atoms with Crippen LogP contribution >= 0.6 is 0 Å². The Morgan fingerprint density at radius 1 is 0.652 bits per heavy atom. The Labute approximate surface area is 281 Å². The third-order valence-electron chi connectivity index (χ3n) is 8.97. The van der Waals surface area contributed by atoms with E-state index >= 15 is 0 Å². The van der Waals surface area contributed by atoms with Gasteiger partial charge in [-0.1, -0.05) is 146 Å². The van der Waals surface area contributed by atoms with E-state index in [4.69, 9.17) is 4.74 Å². The monoisotopic (exact) mass is 626 g/mol. The van der Waals surface area contributed by atoms with Gasteiger partial charge < -0.3 is 9.84 Å². The fourth-order valence-electron chi connectivity index (χ4n) is 6.24. The lowest BCUT2D eigenvalue weighted by atomic mass is 9.72. The molecule has 46 heavy (non-hydrogen) atoms. The molecule has 0 aliphatic heterocycles. The molecule has 3 aromatic carbocycles. The lowest BCUT2D eigenvalue weighted by molar-refractivity contribution is 0.0500. The second kappa shape index (κ2) is 14.0. The zero-order valence-electron chi connectivity index (χ0n) is 31.5. The highest BCUT2D eigenvalue weighted by molar-refractivity contribution is 6.03. The largest absolute Gasteiger partial charge is 0.507 e. The van der Waals surface area contributed by atoms with Crippen molar-refractivity contribution in [3.05, 3.63) is 75.8 Å². The first-order chi connectivity index (χ1) is 21.1. The molecule has 0 saturated heterocycles. The Morgan fingerprint density at radius 3 is 1.76 bits per heavy atom. The molecule has 3 aromatic rings. The first-order valence-corrected chi connectivity index (χ1v) is 17.5. The highest BCUT2D eigenvalue weighted by Crippen LogP contribution is 2.50. The Hall–Kier alpha value is -3.07. The SMILES string of the molecule is CCCCOC(=O)c1cc(C(C)(C)C)c(O)c(C(C)(C)C)c1-c1ccc(CCCC)cc1-c1ccc(C(C)(C)C)cc1C(C)(C)C. The van der Waals surface area contributed by atoms with Gasteiger partial charge in [0, 0.05) is 16.7 Å². The summed E-state index contributed by atoms with van der Waals surface area (Å²) in [5.74, 6) is -0.0696. The number of ether oxygens (including phenoxy) is 1. The summed E-state index contributed by atoms with van der Waals surface area (Å²) in [7, 11) is 0. The predicted octanol–water partition coefficient (Wildman–Crippen LogP) is 12.2. The third kappa shape index (κ3) is 8.44. The van der Waals surface area contributed by atoms with Gasteiger partial charge in [-0.2, -0.15) is 0 Å². The van der Waals surface area contributed by atoms with Gasteiger partial charge >= 0.3 is 5.97 Å². The molecule has 0 atom stereocenters. The molecule has 0 bridgehead atoms. The molecule has 0 amide bonds. The molecule has 0 spiro atoms. The maximum absolute atomic E-state index is 14.1. The van der Waals surface area contributed by atoms with Crippen LogP contribution in [0.2, 0.25) is 0 Å². The number of benzene rings is 3. The van der Waals surface area contributed by atoms with E-state index in [2.05, 4.69) is 133 Å². The molecule has 0 aliphatic carbocycles. The van der Waals surface area contributed by atoms with Crippen molar-refractivity contribution in [3.8, 4) is 28.0 Å². The molecule has 252 valence electrons. The number of esters is 1. The minimum absolute atomic E-state index is 0.00767. The smallest absolute Gasteiger partial charge is 0.338 e. The maximum Gasteiger partial charge on any atom is 0.338 e. The van der Waals surface area contributed by atoms with Gasteiger partial charge in [-0.3, -0.25) is 0 Å². The second-order valence-electron chi connectivity index (χ2n) is 17.3. The number of hydrogen-bond acceptors (Lipinski definition) is 3. The number of phenols is 1. The first-order valence-electron chi connectivity index (χ1n) is 17.5. The van der Waals surface area contributed by atoms with Crippen molar-refractivity contribution >= 4 is 5.97 Å². The van der Waals surface area contributed by atoms with E-state index in [1.165, 1.54) is 22.3 Å². The van der Waals surface area contributed by atoms with Crippen LogP contribution in [0.5, 0.6) is 5.75 Å². The molecular weight excluding hydrogens is 564 g/mol. The highest BCUT2D eigenvalue weighted by atomic mass is 16.5. The summed E-state index contributed by atoms with van der Waals surface area (Å²) in [5, 5.41) is 12.1. The van der Waals surface area contributed by atoms with Gasteiger partial charge in [-0.15, -0.1) is 0 Å². The molecule has 3 rings (SSSR count). The van der Waals surface area contributed by atoms with Crippen LogP contribution in [0.15, 0.2) is 42.5 Å². The number of carbonyl (C=O) groups is 1. The van der Waals surface area contributed by atoms with Crippen LogP contribution < -0.4 is 0 Å². The molecule has 3 heteroatoms. The zero-order chi connectivity index (χ0) is 34.8. The average molecular weight is 627 g/mol. The van der Waals surface area contributed by atoms with Crippen LogP contribution in [-0.2, 0) is 32.8 Å². The molecule has 0 aliphatic rings. The Morgan fingerprint density at radius 2 is 1.24 bits per heavy atom. The van der Waals surface area contributed by atoms with E-state index in [1.807, 2.05) is 6.07 Å². The maximum atomic E-state index is 14.1. The predicted molar refractivity (Wildman–Crippen MR) is 198 cm³/mol. The lowest BCUT2D eigenvalue weighted by Gasteiger charge is -2.32. The van der Waals surface area contributed by atoms with Crippen molar-refractivity contribution in [1.29, 1.82) is 0 Å². The van der Waals surface area contributed by atoms with Gasteiger partial charge in [-0.25, -0.2) is 4.79 Å². The van der Waals surface area contributed by atoms with Gasteiger partial charge in [0.25, 0.3) is 0 Å². The Kier molecular flexibility index (Phi) is 11.3. The van der Waals surface area contributed by atoms with Crippen molar-refractivity contribution in [2.45, 2.75) is 151 Å². The lowest BCUT2D eigenvalue weighted by Crippen LogP contribution is -2.22. The van der Waals surface area contributed by atoms with E-state index in [-0.39, 0.29) is 28.0 Å². The summed E-state index contributed by atoms with van der Waals surface area (Å²) in [4.78, 5) is 14.1. The van der Waals surface area contributed by atoms with Gasteiger partial charge in [0.1, 0.15) is 5.75 Å². The fourth-order valence-corrected chi connectivity index (χ4v) is 6.24. The molecule has 0 unspecified atom stereocenters. The van der Waals surface area contributed by atoms with Gasteiger partial charge in [-0.05, 0) is 80.4 Å². The number of unbranched alkanes of at least 4 members (excludes halogenated alkanes) is 2. The summed E-state index contributed by atoms with van der Waals surface area (Å²) < 4.78 is 5.94. The number of carbonyl (C=O) groups excluding carboxylic acids is 1. The van der Waals surface area contributed by atoms with Crippen LogP contribution in [-0.4, -0.2) is 17.7 Å². The molecule has 0 radical (unpaired) electrons. The molecule has 0 fully saturated rings. The quantitative estimate of drug-likeness (QED) is 0.190. The van der Waals surface area contributed by atoms with E-state index in [0.717, 1.165) is 59.9 Å². The molecule has 0 aromatic heterocycles. The van der Waals surface area contributed by atoms with E-state index in [9.17, 15) is 9.90 Å². The summed E-state index contributed by atoms with van der Waals surface area (Å²) >= 11 is 0. The van der Waals surface area contributed by atoms with Crippen LogP contribution in [0.1, 0.15) is 161 Å². The minimum atomic E-state index is -0.458. The first kappa shape index (κ1) is 37.4. The van der Waals surface area contributed by atoms with E-state index in [1.54, 1.807) is 0 Å². The van der Waals surface area contributed by atoms with Gasteiger partial charge in [0.05, 0.1) is 12.2 Å². The van der Waals surface area contributed by atoms with Crippen LogP contribution in [0.3, 0.4) is 0 Å². The van der Waals surface area contributed by atoms with Crippen molar-refractivity contribution < 1.29 is 14.6 Å². The minimum Gasteiger partial charge on any atom is -0.507 e. The number of aryl methyl sites for hydroxylation is 1. The van der Waals surface area contributed by atoms with Crippen molar-refractivity contribution in [2.24, 2.45) is 0 Å². The summed E-state index contributed by atoms with van der Waals surface area (Å²) in [6.45, 7) is 30.9. The van der Waals surface area contributed by atoms with Crippen molar-refractivity contribution in [3.63, 3.8) is 0 Å². The average Bonchev–Trinajstić information content (AvgIpc) is 2.93. The summed E-state index contributed by atoms with van der Waals surface area (Å²) in [6, 6.07) is 15.6. The van der Waals surface area contributed by atoms with Crippen LogP contribution in [0.4, 0.5) is 0 Å². The van der Waals surface area contributed by atoms with Gasteiger partial charge in [0.15, 0.2) is 0 Å². The highest BCUT2D eigenvalue weighted by Gasteiger charge is 2.35. The normalized spacial score (nSPS) is 12.8. The fraction of sp³-hybridized carbons (Fsp3) is 0.558. The van der Waals surface area contributed by atoms with Crippen molar-refractivity contribution in [2.75, 3.05) is 6.61 Å². The molecule has 1 N–H and O–H groups in total. The second-order valence-corrected chi connectivity index (χ2v) is 17.3. The molecule has 0 saturated carbocycles. The molecular formula is C43H62O3. The third-order valence-corrected chi connectivity index (χ3v) is 8.97. The molecule has 3 nitrogen and oxygen atoms in total. The van der Waals surface area contributed by atoms with Crippen LogP contribution in [0.25, 0.3) is 22.3 Å². The standard InChI is InChI=1S/C43H62O3/c1-15-17-19-28-20-22-31(32(25-28)30-23-21-29(40(3,4)5)26-34(30)41(6,7)8)36-33(39(45)46-24-18-16-2)27-35(42(9,10)11)38(44)37(36)43(12,13)14/h20-23,25-27,44H,15-19,24H2,1-14H3. The van der Waals surface area contributed by atoms with E-state index < -0.39 is 5.41 Å². The number of phenolic OH excluding ortho intramolecular Hbond substituents is 1. The molecule has 0 heterocycles. The number of aromatic hydroxyl groups is 1. The number of hydrogen-bond donors (Lipinski definition) is 1. The van der Waals surface area contributed by atoms with Crippen molar-refractivity contribution in [1.82, 2.24) is 0 Å². The Bertz CT molecular complexity index is 1530. The van der Waals surface area contributed by atoms with E-state index in [0.29, 0.717) is 12.2 Å². The summed E-state index contributed by atoms with van der Waals surface area (Å²) in [6.07, 6.45) is 4.97. The van der Waals surface area contributed by atoms with Gasteiger partial charge in [0.2, 0.25) is 0 Å². The van der Waals surface area contributed by atoms with Crippen LogP contribution in [0, 0.1) is 0 Å². The Balaban J connectivity index is 2.60. The summed E-state index contributed by atoms with van der Waals surface area (Å²) in [5.41, 5.74) is 8.95. The topological polar surface area (TPSA) is 46.5 Å². The zero-order valence-corrected chi connectivity index (χ0v) is 31.5. The number of rotatable bonds is 9.